The second-order valence-electron chi connectivity index (χ2n) is 5.93. The van der Waals surface area contributed by atoms with Crippen molar-refractivity contribution >= 4 is 17.6 Å². The van der Waals surface area contributed by atoms with Crippen LogP contribution >= 0.6 is 0 Å². The van der Waals surface area contributed by atoms with Gasteiger partial charge >= 0.3 is 11.9 Å². The summed E-state index contributed by atoms with van der Waals surface area (Å²) in [5.41, 5.74) is 1.10. The molecule has 2 rings (SSSR count). The minimum Gasteiger partial charge on any atom is -0.478 e. The van der Waals surface area contributed by atoms with Crippen molar-refractivity contribution in [2.45, 2.75) is 33.1 Å². The van der Waals surface area contributed by atoms with Gasteiger partial charge in [-0.25, -0.2) is 9.59 Å². The van der Waals surface area contributed by atoms with Gasteiger partial charge in [0.25, 0.3) is 5.69 Å². The van der Waals surface area contributed by atoms with E-state index in [1.54, 1.807) is 19.9 Å². The molecule has 0 saturated heterocycles. The Balaban J connectivity index is 2.64. The van der Waals surface area contributed by atoms with Crippen LogP contribution in [0.15, 0.2) is 46.8 Å². The maximum Gasteiger partial charge on any atom is 0.336 e. The highest BCUT2D eigenvalue weighted by molar-refractivity contribution is 5.99. The first-order chi connectivity index (χ1) is 12.3. The van der Waals surface area contributed by atoms with Gasteiger partial charge < -0.3 is 15.2 Å². The van der Waals surface area contributed by atoms with Crippen molar-refractivity contribution < 1.29 is 24.4 Å². The molecule has 0 aliphatic carbocycles. The van der Waals surface area contributed by atoms with E-state index in [-0.39, 0.29) is 23.4 Å². The summed E-state index contributed by atoms with van der Waals surface area (Å²) in [7, 11) is 0. The number of benzene rings is 1. The van der Waals surface area contributed by atoms with Crippen molar-refractivity contribution in [3.05, 3.63) is 62.5 Å². The molecule has 138 valence electrons. The topological polar surface area (TPSA) is 119 Å². The first-order valence-electron chi connectivity index (χ1n) is 8.11. The largest absolute Gasteiger partial charge is 0.478 e. The highest BCUT2D eigenvalue weighted by atomic mass is 16.6. The van der Waals surface area contributed by atoms with Gasteiger partial charge in [-0.05, 0) is 25.8 Å². The van der Waals surface area contributed by atoms with Gasteiger partial charge in [-0.15, -0.1) is 0 Å². The maximum absolute atomic E-state index is 12.6. The average Bonchev–Trinajstić information content (AvgIpc) is 2.58. The number of hydrogen-bond acceptors (Lipinski definition) is 6. The quantitative estimate of drug-likeness (QED) is 0.455. The number of hydrogen-bond donors (Lipinski definition) is 2. The summed E-state index contributed by atoms with van der Waals surface area (Å²) in [5.74, 6) is -2.81. The second kappa shape index (κ2) is 7.81. The number of carbonyl (C=O) groups excluding carboxylic acids is 1. The predicted molar refractivity (Wildman–Crippen MR) is 93.3 cm³/mol. The van der Waals surface area contributed by atoms with Gasteiger partial charge in [-0.1, -0.05) is 19.1 Å². The fraction of sp³-hybridized carbons (Fsp3) is 0.333. The number of carboxylic acid groups (broad SMARTS) is 1. The highest BCUT2D eigenvalue weighted by Gasteiger charge is 2.37. The Bertz CT molecular complexity index is 825. The number of rotatable bonds is 6. The van der Waals surface area contributed by atoms with E-state index in [0.29, 0.717) is 23.4 Å². The van der Waals surface area contributed by atoms with Gasteiger partial charge in [0.2, 0.25) is 0 Å². The number of allylic oxidation sites excluding steroid dienone is 2. The van der Waals surface area contributed by atoms with Crippen LogP contribution in [0.25, 0.3) is 0 Å². The minimum atomic E-state index is -1.21. The average molecular weight is 360 g/mol. The Labute approximate surface area is 150 Å². The van der Waals surface area contributed by atoms with Crippen LogP contribution in [0, 0.1) is 10.1 Å². The standard InChI is InChI=1S/C18H20N2O6/c1-4-8-26-18(23)15-11(3)19-10(2)14(17(21)22)16(15)12-6-5-7-13(9-12)20(24)25/h5-7,9,16,19H,4,8H2,1-3H3,(H,21,22). The molecule has 0 spiro atoms. The molecule has 2 N–H and O–H groups in total. The highest BCUT2D eigenvalue weighted by Crippen LogP contribution is 2.39. The third-order valence-corrected chi connectivity index (χ3v) is 4.06. The molecule has 1 aromatic carbocycles. The van der Waals surface area contributed by atoms with E-state index in [1.165, 1.54) is 18.2 Å². The number of nitrogens with zero attached hydrogens (tertiary/aromatic N) is 1. The Morgan fingerprint density at radius 2 is 1.92 bits per heavy atom. The second-order valence-corrected chi connectivity index (χ2v) is 5.93. The van der Waals surface area contributed by atoms with Crippen molar-refractivity contribution in [2.75, 3.05) is 6.61 Å². The molecule has 1 atom stereocenters. The van der Waals surface area contributed by atoms with E-state index < -0.39 is 22.8 Å². The summed E-state index contributed by atoms with van der Waals surface area (Å²) >= 11 is 0. The number of nitrogens with one attached hydrogen (secondary N) is 1. The number of aliphatic carboxylic acids is 1. The zero-order valence-electron chi connectivity index (χ0n) is 14.7. The fourth-order valence-corrected chi connectivity index (χ4v) is 2.97. The van der Waals surface area contributed by atoms with E-state index >= 15 is 0 Å². The van der Waals surface area contributed by atoms with Crippen LogP contribution in [0.4, 0.5) is 5.69 Å². The summed E-state index contributed by atoms with van der Waals surface area (Å²) in [6.07, 6.45) is 0.619. The molecule has 0 saturated carbocycles. The Kier molecular flexibility index (Phi) is 5.76. The lowest BCUT2D eigenvalue weighted by Gasteiger charge is -2.29. The van der Waals surface area contributed by atoms with Gasteiger partial charge in [0.1, 0.15) is 0 Å². The number of ether oxygens (including phenoxy) is 1. The molecule has 26 heavy (non-hydrogen) atoms. The molecular weight excluding hydrogens is 340 g/mol. The lowest BCUT2D eigenvalue weighted by molar-refractivity contribution is -0.384. The molecule has 0 radical (unpaired) electrons. The van der Waals surface area contributed by atoms with Gasteiger partial charge in [0.05, 0.1) is 28.6 Å². The molecule has 1 aliphatic rings. The van der Waals surface area contributed by atoms with E-state index in [1.807, 2.05) is 6.92 Å². The molecule has 1 aromatic rings. The Morgan fingerprint density at radius 3 is 2.50 bits per heavy atom. The predicted octanol–water partition coefficient (Wildman–Crippen LogP) is 2.87. The molecule has 1 aliphatic heterocycles. The molecule has 8 nitrogen and oxygen atoms in total. The van der Waals surface area contributed by atoms with Crippen LogP contribution < -0.4 is 5.32 Å². The lowest BCUT2D eigenvalue weighted by Crippen LogP contribution is -2.31. The molecule has 8 heteroatoms. The van der Waals surface area contributed by atoms with Gasteiger partial charge in [0.15, 0.2) is 0 Å². The Morgan fingerprint density at radius 1 is 1.27 bits per heavy atom. The summed E-state index contributed by atoms with van der Waals surface area (Å²) in [6, 6.07) is 5.63. The van der Waals surface area contributed by atoms with Crippen molar-refractivity contribution in [1.29, 1.82) is 0 Å². The van der Waals surface area contributed by atoms with E-state index in [0.717, 1.165) is 0 Å². The molecule has 0 fully saturated rings. The number of carboxylic acids is 1. The summed E-state index contributed by atoms with van der Waals surface area (Å²) in [6.45, 7) is 5.28. The molecule has 0 bridgehead atoms. The number of esters is 1. The van der Waals surface area contributed by atoms with Gasteiger partial charge in [0, 0.05) is 23.5 Å². The van der Waals surface area contributed by atoms with Crippen LogP contribution in [-0.4, -0.2) is 28.6 Å². The maximum atomic E-state index is 12.6. The zero-order chi connectivity index (χ0) is 19.4. The van der Waals surface area contributed by atoms with E-state index in [4.69, 9.17) is 4.74 Å². The van der Waals surface area contributed by atoms with Crippen molar-refractivity contribution in [3.63, 3.8) is 0 Å². The molecule has 0 amide bonds. The number of nitro benzene ring substituents is 1. The van der Waals surface area contributed by atoms with Crippen LogP contribution in [0.5, 0.6) is 0 Å². The van der Waals surface area contributed by atoms with E-state index in [2.05, 4.69) is 5.32 Å². The number of carbonyl (C=O) groups is 2. The molecular formula is C18H20N2O6. The van der Waals surface area contributed by atoms with Crippen LogP contribution in [0.3, 0.4) is 0 Å². The molecule has 1 unspecified atom stereocenters. The third kappa shape index (κ3) is 3.74. The van der Waals surface area contributed by atoms with Gasteiger partial charge in [-0.3, -0.25) is 10.1 Å². The molecule has 0 aromatic heterocycles. The van der Waals surface area contributed by atoms with Gasteiger partial charge in [-0.2, -0.15) is 0 Å². The normalized spacial score (nSPS) is 17.0. The number of non-ortho nitro benzene ring substituents is 1. The lowest BCUT2D eigenvalue weighted by atomic mass is 9.80. The third-order valence-electron chi connectivity index (χ3n) is 4.06. The summed E-state index contributed by atoms with van der Waals surface area (Å²) in [5, 5.41) is 23.7. The van der Waals surface area contributed by atoms with Crippen LogP contribution in [0.2, 0.25) is 0 Å². The monoisotopic (exact) mass is 360 g/mol. The fourth-order valence-electron chi connectivity index (χ4n) is 2.97. The Hall–Kier alpha value is -3.16. The van der Waals surface area contributed by atoms with E-state index in [9.17, 15) is 24.8 Å². The number of dihydropyridines is 1. The zero-order valence-corrected chi connectivity index (χ0v) is 14.7. The van der Waals surface area contributed by atoms with Crippen LogP contribution in [-0.2, 0) is 14.3 Å². The SMILES string of the molecule is CCCOC(=O)C1=C(C)NC(C)=C(C(=O)O)C1c1cccc([N+](=O)[O-])c1. The van der Waals surface area contributed by atoms with Crippen molar-refractivity contribution in [2.24, 2.45) is 0 Å². The summed E-state index contributed by atoms with van der Waals surface area (Å²) in [4.78, 5) is 35.0. The molecule has 1 heterocycles. The first-order valence-corrected chi connectivity index (χ1v) is 8.11. The van der Waals surface area contributed by atoms with Crippen molar-refractivity contribution in [3.8, 4) is 0 Å². The minimum absolute atomic E-state index is 0.0421. The van der Waals surface area contributed by atoms with Crippen molar-refractivity contribution in [1.82, 2.24) is 5.32 Å². The summed E-state index contributed by atoms with van der Waals surface area (Å²) < 4.78 is 5.21. The first kappa shape index (κ1) is 19.2. The smallest absolute Gasteiger partial charge is 0.336 e. The van der Waals surface area contributed by atoms with Crippen LogP contribution in [0.1, 0.15) is 38.7 Å². The number of nitro groups is 1.